The maximum absolute atomic E-state index is 12.8. The summed E-state index contributed by atoms with van der Waals surface area (Å²) in [6.07, 6.45) is 0. The van der Waals surface area contributed by atoms with Crippen LogP contribution in [0.15, 0.2) is 56.9 Å². The molecule has 0 spiro atoms. The summed E-state index contributed by atoms with van der Waals surface area (Å²) in [5.41, 5.74) is -1.06. The molecular formula is C22H25ClN4O5S. The highest BCUT2D eigenvalue weighted by molar-refractivity contribution is 7.89. The number of phenols is 1. The van der Waals surface area contributed by atoms with E-state index >= 15 is 0 Å². The number of nitrogens with one attached hydrogen (secondary N) is 3. The highest BCUT2D eigenvalue weighted by Crippen LogP contribution is 2.38. The summed E-state index contributed by atoms with van der Waals surface area (Å²) in [6.45, 7) is 6.09. The highest BCUT2D eigenvalue weighted by atomic mass is 35.5. The molecule has 0 heterocycles. The number of benzene rings is 2. The average Bonchev–Trinajstić information content (AvgIpc) is 2.80. The van der Waals surface area contributed by atoms with Gasteiger partial charge in [0.25, 0.3) is 10.9 Å². The van der Waals surface area contributed by atoms with Gasteiger partial charge in [0.05, 0.1) is 10.7 Å². The Morgan fingerprint density at radius 3 is 2.15 bits per heavy atom. The molecule has 0 atom stereocenters. The second kappa shape index (κ2) is 10.3. The Morgan fingerprint density at radius 1 is 0.939 bits per heavy atom. The van der Waals surface area contributed by atoms with Gasteiger partial charge in [0.15, 0.2) is 5.75 Å². The molecule has 4 N–H and O–H groups in total. The molecule has 0 aliphatic heterocycles. The van der Waals surface area contributed by atoms with E-state index in [9.17, 15) is 23.1 Å². The van der Waals surface area contributed by atoms with Crippen molar-refractivity contribution >= 4 is 44.4 Å². The number of hydrogen-bond donors (Lipinski definition) is 4. The molecule has 0 fully saturated rings. The lowest BCUT2D eigenvalue weighted by molar-refractivity contribution is 0.309. The quantitative estimate of drug-likeness (QED) is 0.237. The third-order valence-corrected chi connectivity index (χ3v) is 7.14. The molecule has 3 aromatic rings. The maximum Gasteiger partial charge on any atom is 0.253 e. The molecule has 0 saturated carbocycles. The lowest BCUT2D eigenvalue weighted by Crippen LogP contribution is -2.36. The number of para-hydroxylation sites is 1. The Morgan fingerprint density at radius 2 is 1.55 bits per heavy atom. The summed E-state index contributed by atoms with van der Waals surface area (Å²) < 4.78 is 28.1. The van der Waals surface area contributed by atoms with Gasteiger partial charge in [-0.25, -0.2) is 13.1 Å². The van der Waals surface area contributed by atoms with E-state index in [1.165, 1.54) is 12.1 Å². The molecule has 0 amide bonds. The lowest BCUT2D eigenvalue weighted by atomic mass is 10.1. The smallest absolute Gasteiger partial charge is 0.253 e. The van der Waals surface area contributed by atoms with Gasteiger partial charge in [0.1, 0.15) is 16.3 Å². The van der Waals surface area contributed by atoms with Crippen LogP contribution in [0.3, 0.4) is 0 Å². The van der Waals surface area contributed by atoms with Crippen LogP contribution < -0.4 is 26.2 Å². The van der Waals surface area contributed by atoms with E-state index in [2.05, 4.69) is 15.4 Å². The number of rotatable bonds is 11. The van der Waals surface area contributed by atoms with Crippen molar-refractivity contribution in [2.75, 3.05) is 36.8 Å². The molecule has 11 heteroatoms. The fourth-order valence-corrected chi connectivity index (χ4v) is 4.93. The van der Waals surface area contributed by atoms with Crippen LogP contribution in [0, 0.1) is 0 Å². The topological polar surface area (TPSA) is 128 Å². The fourth-order valence-electron chi connectivity index (χ4n) is 3.28. The highest BCUT2D eigenvalue weighted by Gasteiger charge is 2.27. The summed E-state index contributed by atoms with van der Waals surface area (Å²) in [5.74, 6) is -0.656. The Kier molecular flexibility index (Phi) is 7.75. The van der Waals surface area contributed by atoms with Crippen LogP contribution in [0.4, 0.5) is 22.7 Å². The van der Waals surface area contributed by atoms with Crippen LogP contribution in [0.1, 0.15) is 13.8 Å². The Labute approximate surface area is 196 Å². The molecule has 0 aromatic heterocycles. The Hall–Kier alpha value is -2.92. The normalized spacial score (nSPS) is 11.8. The van der Waals surface area contributed by atoms with Crippen molar-refractivity contribution in [1.82, 2.24) is 9.62 Å². The van der Waals surface area contributed by atoms with Crippen molar-refractivity contribution in [3.8, 4) is 5.75 Å². The predicted octanol–water partition coefficient (Wildman–Crippen LogP) is 2.75. The first-order valence-electron chi connectivity index (χ1n) is 10.4. The monoisotopic (exact) mass is 492 g/mol. The van der Waals surface area contributed by atoms with Gasteiger partial charge < -0.3 is 20.6 Å². The molecule has 0 aliphatic carbocycles. The summed E-state index contributed by atoms with van der Waals surface area (Å²) in [6, 6.07) is 11.4. The van der Waals surface area contributed by atoms with Crippen molar-refractivity contribution in [3.63, 3.8) is 0 Å². The van der Waals surface area contributed by atoms with Crippen LogP contribution in [0.25, 0.3) is 0 Å². The zero-order valence-corrected chi connectivity index (χ0v) is 19.8. The van der Waals surface area contributed by atoms with Gasteiger partial charge >= 0.3 is 0 Å². The van der Waals surface area contributed by atoms with Gasteiger partial charge in [-0.2, -0.15) is 0 Å². The summed E-state index contributed by atoms with van der Waals surface area (Å²) in [5, 5.41) is 16.0. The SMILES string of the molecule is CCN(CC)CCNS(=O)(=O)c1c(Cl)ccc(Nc2c(Nc3ccccc3)c(=O)c2=O)c1O. The van der Waals surface area contributed by atoms with Gasteiger partial charge in [-0.1, -0.05) is 43.6 Å². The average molecular weight is 493 g/mol. The van der Waals surface area contributed by atoms with Gasteiger partial charge in [0, 0.05) is 18.8 Å². The Balaban J connectivity index is 1.86. The minimum atomic E-state index is -4.15. The number of phenolic OH excluding ortho intramolecular Hbond substituents is 1. The number of sulfonamides is 1. The zero-order valence-electron chi connectivity index (χ0n) is 18.2. The number of aromatic hydroxyl groups is 1. The number of nitrogens with zero attached hydrogens (tertiary/aromatic N) is 1. The van der Waals surface area contributed by atoms with E-state index in [0.717, 1.165) is 13.1 Å². The van der Waals surface area contributed by atoms with Crippen molar-refractivity contribution < 1.29 is 13.5 Å². The number of halogens is 1. The summed E-state index contributed by atoms with van der Waals surface area (Å²) in [4.78, 5) is 25.7. The minimum Gasteiger partial charge on any atom is -0.504 e. The third kappa shape index (κ3) is 5.36. The van der Waals surface area contributed by atoms with Crippen molar-refractivity contribution in [3.05, 3.63) is 67.9 Å². The van der Waals surface area contributed by atoms with Gasteiger partial charge in [0.2, 0.25) is 10.0 Å². The first-order chi connectivity index (χ1) is 15.7. The van der Waals surface area contributed by atoms with E-state index in [0.29, 0.717) is 12.2 Å². The van der Waals surface area contributed by atoms with Gasteiger partial charge in [-0.3, -0.25) is 9.59 Å². The fraction of sp³-hybridized carbons (Fsp3) is 0.273. The van der Waals surface area contributed by atoms with E-state index in [-0.39, 0.29) is 28.6 Å². The van der Waals surface area contributed by atoms with Crippen LogP contribution in [0.5, 0.6) is 5.75 Å². The maximum atomic E-state index is 12.8. The molecule has 33 heavy (non-hydrogen) atoms. The standard InChI is InChI=1S/C22H25ClN4O5S/c1-3-27(4-2)13-12-24-33(31,32)22-15(23)10-11-16(19(22)28)26-18-17(20(29)21(18)30)25-14-8-6-5-7-9-14/h5-11,24-26,28H,3-4,12-13H2,1-2H3. The van der Waals surface area contributed by atoms with Gasteiger partial charge in [-0.05, 0) is 37.4 Å². The number of hydrogen-bond acceptors (Lipinski definition) is 8. The van der Waals surface area contributed by atoms with Crippen molar-refractivity contribution in [2.24, 2.45) is 0 Å². The van der Waals surface area contributed by atoms with Crippen LogP contribution >= 0.6 is 11.6 Å². The molecular weight excluding hydrogens is 468 g/mol. The molecule has 176 valence electrons. The van der Waals surface area contributed by atoms with Crippen LogP contribution in [-0.4, -0.2) is 44.6 Å². The summed E-state index contributed by atoms with van der Waals surface area (Å²) >= 11 is 6.09. The minimum absolute atomic E-state index is 0.0160. The Bertz CT molecular complexity index is 1300. The van der Waals surface area contributed by atoms with Crippen LogP contribution in [-0.2, 0) is 10.0 Å². The van der Waals surface area contributed by atoms with E-state index < -0.39 is 31.5 Å². The van der Waals surface area contributed by atoms with E-state index in [1.54, 1.807) is 30.3 Å². The molecule has 9 nitrogen and oxygen atoms in total. The second-order valence-corrected chi connectivity index (χ2v) is 9.33. The van der Waals surface area contributed by atoms with Crippen molar-refractivity contribution in [2.45, 2.75) is 18.7 Å². The molecule has 3 rings (SSSR count). The largest absolute Gasteiger partial charge is 0.504 e. The van der Waals surface area contributed by atoms with E-state index in [1.807, 2.05) is 18.7 Å². The summed E-state index contributed by atoms with van der Waals surface area (Å²) in [7, 11) is -4.15. The van der Waals surface area contributed by atoms with Crippen LogP contribution in [0.2, 0.25) is 5.02 Å². The third-order valence-electron chi connectivity index (χ3n) is 5.18. The number of anilines is 4. The van der Waals surface area contributed by atoms with Gasteiger partial charge in [-0.15, -0.1) is 0 Å². The molecule has 0 unspecified atom stereocenters. The second-order valence-electron chi connectivity index (χ2n) is 7.22. The van der Waals surface area contributed by atoms with Crippen molar-refractivity contribution in [1.29, 1.82) is 0 Å². The lowest BCUT2D eigenvalue weighted by Gasteiger charge is -2.19. The molecule has 3 aromatic carbocycles. The predicted molar refractivity (Wildman–Crippen MR) is 130 cm³/mol. The first kappa shape index (κ1) is 24.7. The first-order valence-corrected chi connectivity index (χ1v) is 12.2. The van der Waals surface area contributed by atoms with E-state index in [4.69, 9.17) is 11.6 Å². The molecule has 0 bridgehead atoms. The molecule has 0 radical (unpaired) electrons. The molecule has 0 saturated heterocycles. The molecule has 0 aliphatic rings. The number of likely N-dealkylation sites (N-methyl/N-ethyl adjacent to an activating group) is 1. The zero-order chi connectivity index (χ0) is 24.2.